The predicted octanol–water partition coefficient (Wildman–Crippen LogP) is 6.10. The van der Waals surface area contributed by atoms with E-state index in [-0.39, 0.29) is 11.7 Å². The molecule has 2 rings (SSSR count). The molecule has 0 spiro atoms. The van der Waals surface area contributed by atoms with Crippen molar-refractivity contribution in [3.63, 3.8) is 0 Å². The van der Waals surface area contributed by atoms with Gasteiger partial charge in [0.15, 0.2) is 5.78 Å². The van der Waals surface area contributed by atoms with Gasteiger partial charge in [-0.2, -0.15) is 0 Å². The van der Waals surface area contributed by atoms with E-state index in [9.17, 15) is 19.2 Å². The third kappa shape index (κ3) is 23.5. The Balaban J connectivity index is 0. The van der Waals surface area contributed by atoms with Crippen molar-refractivity contribution in [1.82, 2.24) is 10.6 Å². The number of thiocarbonyl (C=S) groups is 1. The van der Waals surface area contributed by atoms with Crippen LogP contribution in [0.25, 0.3) is 0 Å². The molecule has 2 unspecified atom stereocenters. The summed E-state index contributed by atoms with van der Waals surface area (Å²) < 4.78 is 19.3. The molecule has 252 valence electrons. The van der Waals surface area contributed by atoms with E-state index in [1.54, 1.807) is 55.8 Å². The molecule has 0 saturated carbocycles. The monoisotopic (exact) mass is 668 g/mol. The number of alkyl carbamates (subject to hydrolysis) is 2. The third-order valence-electron chi connectivity index (χ3n) is 4.95. The van der Waals surface area contributed by atoms with Crippen LogP contribution < -0.4 is 10.6 Å². The van der Waals surface area contributed by atoms with E-state index < -0.39 is 41.4 Å². The number of halogens is 1. The van der Waals surface area contributed by atoms with Crippen molar-refractivity contribution in [1.29, 1.82) is 0 Å². The summed E-state index contributed by atoms with van der Waals surface area (Å²) in [5.74, 6) is 1.95. The van der Waals surface area contributed by atoms with Gasteiger partial charge in [-0.3, -0.25) is 4.79 Å². The number of alkyl halides is 1. The minimum atomic E-state index is -0.766. The molecule has 0 aliphatic carbocycles. The minimum Gasteiger partial charge on any atom is -0.467 e. The van der Waals surface area contributed by atoms with Crippen LogP contribution in [0.5, 0.6) is 0 Å². The van der Waals surface area contributed by atoms with E-state index in [1.165, 1.54) is 7.11 Å². The van der Waals surface area contributed by atoms with Crippen molar-refractivity contribution < 1.29 is 38.1 Å². The van der Waals surface area contributed by atoms with E-state index in [1.807, 2.05) is 60.7 Å². The first-order chi connectivity index (χ1) is 21.0. The quantitative estimate of drug-likeness (QED) is 0.141. The van der Waals surface area contributed by atoms with Gasteiger partial charge in [0.2, 0.25) is 0 Å². The largest absolute Gasteiger partial charge is 0.467 e. The van der Waals surface area contributed by atoms with Crippen LogP contribution in [0.15, 0.2) is 60.7 Å². The number of nitrogens with one attached hydrogen (secondary N) is 2. The van der Waals surface area contributed by atoms with E-state index in [4.69, 9.17) is 25.8 Å². The molecule has 0 aromatic heterocycles. The maximum atomic E-state index is 11.8. The minimum absolute atomic E-state index is 0.146. The molecular formula is C33H49ClN2O8S. The fourth-order valence-electron chi connectivity index (χ4n) is 3.27. The van der Waals surface area contributed by atoms with Crippen LogP contribution in [-0.4, -0.2) is 80.3 Å². The Kier molecular flexibility index (Phi) is 23.0. The highest BCUT2D eigenvalue weighted by Crippen LogP contribution is 2.10. The van der Waals surface area contributed by atoms with Crippen LogP contribution in [0.4, 0.5) is 9.59 Å². The van der Waals surface area contributed by atoms with E-state index in [2.05, 4.69) is 33.5 Å². The summed E-state index contributed by atoms with van der Waals surface area (Å²) in [7, 11) is 4.54. The van der Waals surface area contributed by atoms with Gasteiger partial charge < -0.3 is 29.6 Å². The molecule has 2 amide bonds. The Labute approximate surface area is 278 Å². The number of ether oxygens (including phenoxy) is 4. The first-order valence-corrected chi connectivity index (χ1v) is 15.1. The van der Waals surface area contributed by atoms with Crippen LogP contribution >= 0.6 is 23.8 Å². The molecule has 2 aromatic rings. The van der Waals surface area contributed by atoms with Gasteiger partial charge in [-0.05, 0) is 65.0 Å². The van der Waals surface area contributed by atoms with Gasteiger partial charge in [0.25, 0.3) is 0 Å². The van der Waals surface area contributed by atoms with Crippen molar-refractivity contribution in [2.75, 3.05) is 27.2 Å². The summed E-state index contributed by atoms with van der Waals surface area (Å²) in [6.45, 7) is 10.6. The number of carbonyl (C=O) groups is 4. The van der Waals surface area contributed by atoms with Gasteiger partial charge in [-0.15, -0.1) is 11.6 Å². The molecule has 0 bridgehead atoms. The lowest BCUT2D eigenvalue weighted by Gasteiger charge is -2.22. The first kappa shape index (κ1) is 43.6. The summed E-state index contributed by atoms with van der Waals surface area (Å²) in [6, 6.07) is 17.4. The van der Waals surface area contributed by atoms with Crippen molar-refractivity contribution >= 4 is 53.6 Å². The summed E-state index contributed by atoms with van der Waals surface area (Å²) in [5.41, 5.74) is 0.661. The molecule has 10 nitrogen and oxygen atoms in total. The topological polar surface area (TPSA) is 129 Å². The molecule has 0 radical (unpaired) electrons. The van der Waals surface area contributed by atoms with Crippen LogP contribution in [0.3, 0.4) is 0 Å². The summed E-state index contributed by atoms with van der Waals surface area (Å²) in [6.07, 6.45) is -0.501. The maximum Gasteiger partial charge on any atom is 0.408 e. The zero-order chi connectivity index (χ0) is 35.1. The van der Waals surface area contributed by atoms with Gasteiger partial charge >= 0.3 is 18.2 Å². The zero-order valence-electron chi connectivity index (χ0n) is 27.8. The second-order valence-electron chi connectivity index (χ2n) is 11.3. The van der Waals surface area contributed by atoms with E-state index >= 15 is 0 Å². The fraction of sp³-hybridized carbons (Fsp3) is 0.485. The molecule has 45 heavy (non-hydrogen) atoms. The molecule has 0 fully saturated rings. The Morgan fingerprint density at radius 2 is 1.04 bits per heavy atom. The average molecular weight is 669 g/mol. The second-order valence-corrected chi connectivity index (χ2v) is 11.6. The number of esters is 1. The van der Waals surface area contributed by atoms with Gasteiger partial charge in [0, 0.05) is 20.6 Å². The molecule has 2 aromatic carbocycles. The van der Waals surface area contributed by atoms with Crippen LogP contribution in [-0.2, 0) is 41.4 Å². The Morgan fingerprint density at radius 1 is 0.711 bits per heavy atom. The van der Waals surface area contributed by atoms with E-state index in [0.29, 0.717) is 12.8 Å². The van der Waals surface area contributed by atoms with Crippen molar-refractivity contribution in [3.8, 4) is 0 Å². The number of carbonyl (C=O) groups excluding carboxylic acids is 4. The number of ketones is 1. The highest BCUT2D eigenvalue weighted by atomic mass is 35.5. The smallest absolute Gasteiger partial charge is 0.408 e. The average Bonchev–Trinajstić information content (AvgIpc) is 2.96. The molecule has 12 heteroatoms. The fourth-order valence-corrected chi connectivity index (χ4v) is 3.46. The number of rotatable bonds is 9. The number of methoxy groups -OCH3 is 2. The predicted molar refractivity (Wildman–Crippen MR) is 182 cm³/mol. The van der Waals surface area contributed by atoms with Crippen molar-refractivity contribution in [3.05, 3.63) is 71.8 Å². The second kappa shape index (κ2) is 23.8. The molecule has 2 atom stereocenters. The molecule has 2 N–H and O–H groups in total. The molecule has 0 saturated heterocycles. The van der Waals surface area contributed by atoms with Crippen LogP contribution in [0.2, 0.25) is 0 Å². The zero-order valence-corrected chi connectivity index (χ0v) is 29.4. The number of hydrogen-bond acceptors (Lipinski definition) is 9. The SMILES string of the molecule is C=S.CC(C)(C)OC(=O)NC(Cc1ccccc1)C(=O)CCl.COC.COC(=O)C(Cc1ccccc1)NC(=O)OC(C)(C)C. The van der Waals surface area contributed by atoms with Crippen LogP contribution in [0.1, 0.15) is 52.7 Å². The van der Waals surface area contributed by atoms with Gasteiger partial charge in [-0.25, -0.2) is 14.4 Å². The first-order valence-electron chi connectivity index (χ1n) is 14.0. The standard InChI is InChI=1S/C15H20ClNO3.C15H21NO4.C2H6O.CH2S/c1-15(2,3)20-14(19)17-12(13(18)10-16)9-11-7-5-4-6-8-11;1-15(2,3)20-14(18)16-12(13(17)19-4)10-11-8-6-5-7-9-11;1-3-2;1-2/h4-8,12H,9-10H2,1-3H3,(H,17,19);5-9,12H,10H2,1-4H3,(H,16,18);1-2H3;1H2. The lowest BCUT2D eigenvalue weighted by molar-refractivity contribution is -0.143. The summed E-state index contributed by atoms with van der Waals surface area (Å²) in [5, 5.41) is 5.11. The Morgan fingerprint density at radius 3 is 1.36 bits per heavy atom. The lowest BCUT2D eigenvalue weighted by Crippen LogP contribution is -2.45. The third-order valence-corrected chi connectivity index (χ3v) is 5.22. The highest BCUT2D eigenvalue weighted by molar-refractivity contribution is 7.77. The highest BCUT2D eigenvalue weighted by Gasteiger charge is 2.26. The van der Waals surface area contributed by atoms with Crippen molar-refractivity contribution in [2.45, 2.75) is 77.7 Å². The maximum absolute atomic E-state index is 11.8. The number of hydrogen-bond donors (Lipinski definition) is 2. The number of Topliss-reactive ketones (excluding diaryl/α,β-unsaturated/α-hetero) is 1. The molecule has 0 aliphatic rings. The molecule has 0 heterocycles. The molecule has 0 aliphatic heterocycles. The lowest BCUT2D eigenvalue weighted by atomic mass is 10.0. The number of benzene rings is 2. The van der Waals surface area contributed by atoms with Crippen molar-refractivity contribution in [2.24, 2.45) is 0 Å². The molecular weight excluding hydrogens is 620 g/mol. The van der Waals surface area contributed by atoms with Gasteiger partial charge in [0.1, 0.15) is 17.2 Å². The summed E-state index contributed by atoms with van der Waals surface area (Å²) >= 11 is 9.42. The van der Waals surface area contributed by atoms with Gasteiger partial charge in [0.05, 0.1) is 19.0 Å². The van der Waals surface area contributed by atoms with E-state index in [0.717, 1.165) is 11.1 Å². The summed E-state index contributed by atoms with van der Waals surface area (Å²) in [4.78, 5) is 47.0. The van der Waals surface area contributed by atoms with Gasteiger partial charge in [-0.1, -0.05) is 72.9 Å². The Hall–Kier alpha value is -3.54. The normalized spacial score (nSPS) is 11.6. The van der Waals surface area contributed by atoms with Crippen LogP contribution in [0, 0.1) is 0 Å². The Bertz CT molecular complexity index is 1040. The number of amides is 2.